The van der Waals surface area contributed by atoms with E-state index in [4.69, 9.17) is 16.3 Å². The summed E-state index contributed by atoms with van der Waals surface area (Å²) in [6, 6.07) is 1.72. The number of hydrogen-bond donors (Lipinski definition) is 2. The molecule has 0 bridgehead atoms. The first kappa shape index (κ1) is 16.7. The highest BCUT2D eigenvalue weighted by Gasteiger charge is 2.10. The molecule has 17 heavy (non-hydrogen) atoms. The third-order valence-corrected chi connectivity index (χ3v) is 3.23. The Kier molecular flexibility index (Phi) is 9.49. The Morgan fingerprint density at radius 1 is 1.47 bits per heavy atom. The molecule has 0 aromatic carbocycles. The van der Waals surface area contributed by atoms with Crippen LogP contribution in [0.3, 0.4) is 0 Å². The zero-order chi connectivity index (χ0) is 11.8. The molecule has 1 heterocycles. The number of methoxy groups -OCH3 is 1. The first-order valence-electron chi connectivity index (χ1n) is 4.96. The van der Waals surface area contributed by atoms with Gasteiger partial charge in [0.1, 0.15) is 4.88 Å². The van der Waals surface area contributed by atoms with Crippen molar-refractivity contribution in [2.45, 2.75) is 0 Å². The molecule has 1 aromatic rings. The van der Waals surface area contributed by atoms with Gasteiger partial charge >= 0.3 is 0 Å². The van der Waals surface area contributed by atoms with Gasteiger partial charge in [0.15, 0.2) is 0 Å². The highest BCUT2D eigenvalue weighted by molar-refractivity contribution is 7.12. The van der Waals surface area contributed by atoms with Crippen LogP contribution >= 0.6 is 35.3 Å². The molecule has 4 nitrogen and oxygen atoms in total. The number of carbonyl (C=O) groups excluding carboxylic acids is 1. The summed E-state index contributed by atoms with van der Waals surface area (Å²) in [7, 11) is 1.66. The van der Waals surface area contributed by atoms with Crippen LogP contribution in [0, 0.1) is 0 Å². The van der Waals surface area contributed by atoms with E-state index in [1.807, 2.05) is 0 Å². The van der Waals surface area contributed by atoms with Gasteiger partial charge < -0.3 is 15.4 Å². The van der Waals surface area contributed by atoms with Gasteiger partial charge in [-0.1, -0.05) is 11.6 Å². The number of thiophene rings is 1. The fraction of sp³-hybridized carbons (Fsp3) is 0.500. The monoisotopic (exact) mass is 298 g/mol. The van der Waals surface area contributed by atoms with Crippen molar-refractivity contribution in [1.82, 2.24) is 10.6 Å². The zero-order valence-electron chi connectivity index (χ0n) is 9.49. The van der Waals surface area contributed by atoms with Crippen molar-refractivity contribution >= 4 is 41.3 Å². The Morgan fingerprint density at radius 2 is 2.24 bits per heavy atom. The van der Waals surface area contributed by atoms with Crippen LogP contribution in [-0.2, 0) is 4.74 Å². The summed E-state index contributed by atoms with van der Waals surface area (Å²) >= 11 is 7.18. The molecule has 0 saturated carbocycles. The summed E-state index contributed by atoms with van der Waals surface area (Å²) in [6.45, 7) is 2.76. The molecule has 0 aliphatic rings. The lowest BCUT2D eigenvalue weighted by atomic mass is 10.4. The Morgan fingerprint density at radius 3 is 2.82 bits per heavy atom. The van der Waals surface area contributed by atoms with Gasteiger partial charge in [-0.2, -0.15) is 0 Å². The van der Waals surface area contributed by atoms with Crippen LogP contribution in [0.5, 0.6) is 0 Å². The van der Waals surface area contributed by atoms with Crippen molar-refractivity contribution in [3.63, 3.8) is 0 Å². The number of amides is 1. The number of nitrogens with one attached hydrogen (secondary N) is 2. The highest BCUT2D eigenvalue weighted by atomic mass is 35.5. The Labute approximate surface area is 116 Å². The summed E-state index contributed by atoms with van der Waals surface area (Å²) in [5.41, 5.74) is 0. The molecule has 0 fully saturated rings. The van der Waals surface area contributed by atoms with Gasteiger partial charge in [0.25, 0.3) is 5.91 Å². The molecule has 0 atom stereocenters. The van der Waals surface area contributed by atoms with Crippen molar-refractivity contribution in [2.75, 3.05) is 33.4 Å². The molecule has 0 aliphatic heterocycles. The molecule has 1 rings (SSSR count). The van der Waals surface area contributed by atoms with E-state index in [0.717, 1.165) is 13.1 Å². The van der Waals surface area contributed by atoms with Crippen molar-refractivity contribution in [1.29, 1.82) is 0 Å². The highest BCUT2D eigenvalue weighted by Crippen LogP contribution is 2.21. The smallest absolute Gasteiger partial charge is 0.262 e. The molecule has 0 aliphatic carbocycles. The molecule has 0 unspecified atom stereocenters. The second-order valence-electron chi connectivity index (χ2n) is 3.10. The molecular weight excluding hydrogens is 283 g/mol. The van der Waals surface area contributed by atoms with Crippen molar-refractivity contribution in [3.8, 4) is 0 Å². The molecular formula is C10H16Cl2N2O2S. The predicted octanol–water partition coefficient (Wildman–Crippen LogP) is 1.79. The largest absolute Gasteiger partial charge is 0.383 e. The first-order valence-corrected chi connectivity index (χ1v) is 6.22. The summed E-state index contributed by atoms with van der Waals surface area (Å²) in [6.07, 6.45) is 0. The summed E-state index contributed by atoms with van der Waals surface area (Å²) < 4.78 is 4.88. The number of halogens is 2. The average Bonchev–Trinajstić information content (AvgIpc) is 2.69. The van der Waals surface area contributed by atoms with E-state index in [2.05, 4.69) is 10.6 Å². The summed E-state index contributed by atoms with van der Waals surface area (Å²) in [5.74, 6) is -0.117. The minimum Gasteiger partial charge on any atom is -0.383 e. The van der Waals surface area contributed by atoms with Gasteiger partial charge in [-0.15, -0.1) is 23.7 Å². The van der Waals surface area contributed by atoms with Gasteiger partial charge in [-0.3, -0.25) is 4.79 Å². The molecule has 7 heteroatoms. The van der Waals surface area contributed by atoms with Crippen LogP contribution in [0.15, 0.2) is 11.4 Å². The number of carbonyl (C=O) groups is 1. The predicted molar refractivity (Wildman–Crippen MR) is 73.7 cm³/mol. The summed E-state index contributed by atoms with van der Waals surface area (Å²) in [4.78, 5) is 12.1. The number of hydrogen-bond acceptors (Lipinski definition) is 4. The van der Waals surface area contributed by atoms with E-state index < -0.39 is 0 Å². The lowest BCUT2D eigenvalue weighted by Gasteiger charge is -2.05. The fourth-order valence-corrected chi connectivity index (χ4v) is 2.16. The van der Waals surface area contributed by atoms with Crippen LogP contribution in [0.25, 0.3) is 0 Å². The van der Waals surface area contributed by atoms with Crippen LogP contribution in [0.2, 0.25) is 5.02 Å². The SMILES string of the molecule is COCCNCCNC(=O)c1sccc1Cl.Cl. The average molecular weight is 299 g/mol. The molecule has 2 N–H and O–H groups in total. The topological polar surface area (TPSA) is 50.4 Å². The number of rotatable bonds is 7. The van der Waals surface area contributed by atoms with Crippen molar-refractivity contribution < 1.29 is 9.53 Å². The second kappa shape index (κ2) is 9.67. The van der Waals surface area contributed by atoms with E-state index in [0.29, 0.717) is 23.1 Å². The molecule has 0 saturated heterocycles. The molecule has 1 aromatic heterocycles. The quantitative estimate of drug-likeness (QED) is 0.755. The number of ether oxygens (including phenoxy) is 1. The Bertz CT molecular complexity index is 334. The van der Waals surface area contributed by atoms with Gasteiger partial charge in [-0.25, -0.2) is 0 Å². The minimum atomic E-state index is -0.117. The van der Waals surface area contributed by atoms with Crippen LogP contribution in [-0.4, -0.2) is 39.3 Å². The van der Waals surface area contributed by atoms with E-state index in [-0.39, 0.29) is 18.3 Å². The lowest BCUT2D eigenvalue weighted by Crippen LogP contribution is -2.32. The first-order chi connectivity index (χ1) is 7.75. The normalized spacial score (nSPS) is 9.76. The van der Waals surface area contributed by atoms with Crippen molar-refractivity contribution in [2.24, 2.45) is 0 Å². The van der Waals surface area contributed by atoms with E-state index >= 15 is 0 Å². The maximum absolute atomic E-state index is 11.6. The van der Waals surface area contributed by atoms with Crippen LogP contribution in [0.4, 0.5) is 0 Å². The maximum Gasteiger partial charge on any atom is 0.262 e. The van der Waals surface area contributed by atoms with Crippen LogP contribution < -0.4 is 10.6 Å². The lowest BCUT2D eigenvalue weighted by molar-refractivity contribution is 0.0958. The van der Waals surface area contributed by atoms with Gasteiger partial charge in [0.05, 0.1) is 11.6 Å². The van der Waals surface area contributed by atoms with Crippen molar-refractivity contribution in [3.05, 3.63) is 21.3 Å². The molecule has 0 radical (unpaired) electrons. The Hall–Kier alpha value is -0.330. The van der Waals surface area contributed by atoms with E-state index in [1.165, 1.54) is 11.3 Å². The third-order valence-electron chi connectivity index (χ3n) is 1.89. The molecule has 1 amide bonds. The van der Waals surface area contributed by atoms with Gasteiger partial charge in [0.2, 0.25) is 0 Å². The molecule has 98 valence electrons. The Balaban J connectivity index is 0.00000256. The fourth-order valence-electron chi connectivity index (χ4n) is 1.10. The van der Waals surface area contributed by atoms with E-state index in [1.54, 1.807) is 18.6 Å². The van der Waals surface area contributed by atoms with Gasteiger partial charge in [0, 0.05) is 26.7 Å². The van der Waals surface area contributed by atoms with Gasteiger partial charge in [-0.05, 0) is 11.4 Å². The zero-order valence-corrected chi connectivity index (χ0v) is 11.9. The van der Waals surface area contributed by atoms with E-state index in [9.17, 15) is 4.79 Å². The maximum atomic E-state index is 11.6. The van der Waals surface area contributed by atoms with Crippen LogP contribution in [0.1, 0.15) is 9.67 Å². The standard InChI is InChI=1S/C10H15ClN2O2S.ClH/c1-15-6-5-12-3-4-13-10(14)9-8(11)2-7-16-9;/h2,7,12H,3-6H2,1H3,(H,13,14);1H. The minimum absolute atomic E-state index is 0. The second-order valence-corrected chi connectivity index (χ2v) is 4.42. The third kappa shape index (κ3) is 6.24. The molecule has 0 spiro atoms. The summed E-state index contributed by atoms with van der Waals surface area (Å²) in [5, 5.41) is 8.23.